The zero-order valence-electron chi connectivity index (χ0n) is 21.1. The van der Waals surface area contributed by atoms with Gasteiger partial charge in [-0.2, -0.15) is 0 Å². The zero-order valence-corrected chi connectivity index (χ0v) is 21.1. The smallest absolute Gasteiger partial charge is 0.0414 e. The van der Waals surface area contributed by atoms with E-state index in [4.69, 9.17) is 0 Å². The van der Waals surface area contributed by atoms with Gasteiger partial charge in [0.15, 0.2) is 0 Å². The van der Waals surface area contributed by atoms with Crippen molar-refractivity contribution in [2.75, 3.05) is 0 Å². The van der Waals surface area contributed by atoms with Crippen molar-refractivity contribution in [2.24, 2.45) is 0 Å². The van der Waals surface area contributed by atoms with Crippen LogP contribution >= 0.6 is 0 Å². The second-order valence-corrected chi connectivity index (χ2v) is 8.89. The largest absolute Gasteiger partial charge is 0.550 e. The standard InChI is InChI=1S/C30H52O2/c1-2-3-4-5-6-7-8-9-10-11-12-13-14-15-16-17-18-19-20-21-22-23-24-25-26-27-28-29-30(31)32/h6-7,9-10,12-13,15-16H,2-5,8,11,14,17-29H2,1H3,(H,31,32)/p-1/b7-6-,10-9-,13-12-,16-15-. The Morgan fingerprint density at radius 3 is 1.25 bits per heavy atom. The quantitative estimate of drug-likeness (QED) is 0.110. The molecule has 0 aromatic heterocycles. The summed E-state index contributed by atoms with van der Waals surface area (Å²) in [6, 6.07) is 0. The third-order valence-electron chi connectivity index (χ3n) is 5.71. The van der Waals surface area contributed by atoms with Gasteiger partial charge in [-0.1, -0.05) is 126 Å². The molecule has 0 aliphatic heterocycles. The molecule has 0 rings (SSSR count). The summed E-state index contributed by atoms with van der Waals surface area (Å²) in [5.41, 5.74) is 0. The molecule has 2 heteroatoms. The maximum Gasteiger partial charge on any atom is 0.0414 e. The summed E-state index contributed by atoms with van der Waals surface area (Å²) in [5, 5.41) is 10.3. The van der Waals surface area contributed by atoms with Crippen LogP contribution in [-0.4, -0.2) is 5.97 Å². The number of carbonyl (C=O) groups is 1. The minimum atomic E-state index is -0.909. The van der Waals surface area contributed by atoms with Gasteiger partial charge in [-0.25, -0.2) is 0 Å². The molecular formula is C30H51O2-. The monoisotopic (exact) mass is 443 g/mol. The van der Waals surface area contributed by atoms with Crippen LogP contribution in [0.2, 0.25) is 0 Å². The molecule has 0 aromatic carbocycles. The first-order valence-electron chi connectivity index (χ1n) is 13.6. The Kier molecular flexibility index (Phi) is 26.1. The number of carbonyl (C=O) groups excluding carboxylic acids is 1. The molecule has 0 amide bonds. The Morgan fingerprint density at radius 2 is 0.844 bits per heavy atom. The van der Waals surface area contributed by atoms with Crippen molar-refractivity contribution < 1.29 is 9.90 Å². The summed E-state index contributed by atoms with van der Waals surface area (Å²) in [7, 11) is 0. The minimum absolute atomic E-state index is 0.223. The van der Waals surface area contributed by atoms with E-state index >= 15 is 0 Å². The average molecular weight is 444 g/mol. The van der Waals surface area contributed by atoms with E-state index in [9.17, 15) is 9.90 Å². The lowest BCUT2D eigenvalue weighted by molar-refractivity contribution is -0.305. The Labute approximate surface area is 200 Å². The predicted molar refractivity (Wildman–Crippen MR) is 140 cm³/mol. The molecule has 0 radical (unpaired) electrons. The summed E-state index contributed by atoms with van der Waals surface area (Å²) in [6.07, 6.45) is 41.7. The van der Waals surface area contributed by atoms with Gasteiger partial charge < -0.3 is 9.90 Å². The Hall–Kier alpha value is -1.57. The molecule has 0 fully saturated rings. The van der Waals surface area contributed by atoms with Gasteiger partial charge in [0.2, 0.25) is 0 Å². The van der Waals surface area contributed by atoms with Crippen LogP contribution in [0.5, 0.6) is 0 Å². The molecule has 0 aliphatic carbocycles. The molecule has 0 heterocycles. The SMILES string of the molecule is CCCCC/C=C\C/C=C\C/C=C\C/C=C\CCCCCCCCCCCCCC(=O)[O-]. The molecule has 0 atom stereocenters. The van der Waals surface area contributed by atoms with E-state index in [1.54, 1.807) is 0 Å². The van der Waals surface area contributed by atoms with Crippen LogP contribution in [-0.2, 0) is 4.79 Å². The van der Waals surface area contributed by atoms with Crippen molar-refractivity contribution in [3.05, 3.63) is 48.6 Å². The molecule has 0 N–H and O–H groups in total. The summed E-state index contributed by atoms with van der Waals surface area (Å²) < 4.78 is 0. The summed E-state index contributed by atoms with van der Waals surface area (Å²) in [4.78, 5) is 10.3. The second-order valence-electron chi connectivity index (χ2n) is 8.89. The molecule has 0 spiro atoms. The van der Waals surface area contributed by atoms with Crippen molar-refractivity contribution in [1.82, 2.24) is 0 Å². The number of hydrogen-bond acceptors (Lipinski definition) is 2. The molecule has 2 nitrogen and oxygen atoms in total. The Morgan fingerprint density at radius 1 is 0.500 bits per heavy atom. The fourth-order valence-corrected chi connectivity index (χ4v) is 3.68. The van der Waals surface area contributed by atoms with Crippen LogP contribution < -0.4 is 5.11 Å². The fraction of sp³-hybridized carbons (Fsp3) is 0.700. The number of unbranched alkanes of at least 4 members (excludes halogenated alkanes) is 14. The van der Waals surface area contributed by atoms with Crippen molar-refractivity contribution in [1.29, 1.82) is 0 Å². The molecular weight excluding hydrogens is 392 g/mol. The summed E-state index contributed by atoms with van der Waals surface area (Å²) in [6.45, 7) is 2.25. The zero-order chi connectivity index (χ0) is 23.4. The number of carboxylic acid groups (broad SMARTS) is 1. The lowest BCUT2D eigenvalue weighted by Crippen LogP contribution is -2.21. The van der Waals surface area contributed by atoms with Crippen molar-refractivity contribution in [3.8, 4) is 0 Å². The maximum atomic E-state index is 10.3. The average Bonchev–Trinajstić information content (AvgIpc) is 2.78. The van der Waals surface area contributed by atoms with Gasteiger partial charge in [-0.3, -0.25) is 0 Å². The predicted octanol–water partition coefficient (Wildman–Crippen LogP) is 8.78. The first-order chi connectivity index (χ1) is 15.8. The van der Waals surface area contributed by atoms with Gasteiger partial charge in [0, 0.05) is 5.97 Å². The second kappa shape index (κ2) is 27.5. The van der Waals surface area contributed by atoms with Gasteiger partial charge in [-0.15, -0.1) is 0 Å². The minimum Gasteiger partial charge on any atom is -0.550 e. The van der Waals surface area contributed by atoms with Gasteiger partial charge in [0.05, 0.1) is 0 Å². The molecule has 0 bridgehead atoms. The van der Waals surface area contributed by atoms with Crippen molar-refractivity contribution in [3.63, 3.8) is 0 Å². The summed E-state index contributed by atoms with van der Waals surface area (Å²) >= 11 is 0. The van der Waals surface area contributed by atoms with Crippen LogP contribution in [0.4, 0.5) is 0 Å². The molecule has 184 valence electrons. The highest BCUT2D eigenvalue weighted by atomic mass is 16.4. The fourth-order valence-electron chi connectivity index (χ4n) is 3.68. The number of hydrogen-bond donors (Lipinski definition) is 0. The lowest BCUT2D eigenvalue weighted by atomic mass is 10.0. The normalized spacial score (nSPS) is 12.3. The molecule has 32 heavy (non-hydrogen) atoms. The Balaban J connectivity index is 3.27. The first-order valence-corrected chi connectivity index (χ1v) is 13.6. The number of carboxylic acids is 1. The molecule has 0 saturated carbocycles. The van der Waals surface area contributed by atoms with Crippen LogP contribution in [0.25, 0.3) is 0 Å². The highest BCUT2D eigenvalue weighted by Crippen LogP contribution is 2.12. The highest BCUT2D eigenvalue weighted by molar-refractivity contribution is 5.64. The number of rotatable bonds is 24. The van der Waals surface area contributed by atoms with Crippen LogP contribution in [0, 0.1) is 0 Å². The van der Waals surface area contributed by atoms with E-state index in [-0.39, 0.29) is 6.42 Å². The van der Waals surface area contributed by atoms with E-state index in [0.717, 1.165) is 32.1 Å². The van der Waals surface area contributed by atoms with E-state index in [1.165, 1.54) is 89.9 Å². The highest BCUT2D eigenvalue weighted by Gasteiger charge is 1.94. The molecule has 0 unspecified atom stereocenters. The van der Waals surface area contributed by atoms with Crippen molar-refractivity contribution in [2.45, 2.75) is 135 Å². The summed E-state index contributed by atoms with van der Waals surface area (Å²) in [5.74, 6) is -0.909. The van der Waals surface area contributed by atoms with Gasteiger partial charge >= 0.3 is 0 Å². The van der Waals surface area contributed by atoms with Crippen molar-refractivity contribution >= 4 is 5.97 Å². The van der Waals surface area contributed by atoms with E-state index in [2.05, 4.69) is 55.5 Å². The van der Waals surface area contributed by atoms with Crippen LogP contribution in [0.3, 0.4) is 0 Å². The van der Waals surface area contributed by atoms with E-state index in [1.807, 2.05) is 0 Å². The molecule has 0 saturated heterocycles. The number of allylic oxidation sites excluding steroid dienone is 8. The van der Waals surface area contributed by atoms with E-state index < -0.39 is 5.97 Å². The Bertz CT molecular complexity index is 499. The maximum absolute atomic E-state index is 10.3. The van der Waals surface area contributed by atoms with Gasteiger partial charge in [-0.05, 0) is 57.8 Å². The van der Waals surface area contributed by atoms with Gasteiger partial charge in [0.1, 0.15) is 0 Å². The van der Waals surface area contributed by atoms with E-state index in [0.29, 0.717) is 0 Å². The first kappa shape index (κ1) is 30.4. The topological polar surface area (TPSA) is 40.1 Å². The third-order valence-corrected chi connectivity index (χ3v) is 5.71. The molecule has 0 aromatic rings. The molecule has 0 aliphatic rings. The third kappa shape index (κ3) is 28.4. The van der Waals surface area contributed by atoms with Gasteiger partial charge in [0.25, 0.3) is 0 Å². The van der Waals surface area contributed by atoms with Crippen LogP contribution in [0.1, 0.15) is 135 Å². The van der Waals surface area contributed by atoms with Crippen LogP contribution in [0.15, 0.2) is 48.6 Å². The number of aliphatic carboxylic acids is 1. The lowest BCUT2D eigenvalue weighted by Gasteiger charge is -2.03.